The van der Waals surface area contributed by atoms with Gasteiger partial charge < -0.3 is 15.4 Å². The number of benzene rings is 1. The van der Waals surface area contributed by atoms with E-state index in [1.807, 2.05) is 0 Å². The maximum atomic E-state index is 11.8. The fourth-order valence-corrected chi connectivity index (χ4v) is 1.49. The van der Waals surface area contributed by atoms with Crippen molar-refractivity contribution in [1.82, 2.24) is 10.6 Å². The molecule has 0 aliphatic heterocycles. The molecule has 20 heavy (non-hydrogen) atoms. The Kier molecular flexibility index (Phi) is 6.52. The number of carbonyl (C=O) groups excluding carboxylic acids is 3. The fourth-order valence-electron chi connectivity index (χ4n) is 1.39. The minimum absolute atomic E-state index is 0.113. The molecule has 2 N–H and O–H groups in total. The highest BCUT2D eigenvalue weighted by molar-refractivity contribution is 6.27. The Morgan fingerprint density at radius 2 is 1.90 bits per heavy atom. The molecule has 0 aliphatic carbocycles. The first-order valence-electron chi connectivity index (χ1n) is 5.92. The van der Waals surface area contributed by atoms with Crippen LogP contribution in [0.15, 0.2) is 24.3 Å². The first-order valence-corrected chi connectivity index (χ1v) is 6.45. The summed E-state index contributed by atoms with van der Waals surface area (Å²) in [6.45, 7) is 1.85. The maximum Gasteiger partial charge on any atom is 0.308 e. The van der Waals surface area contributed by atoms with Crippen molar-refractivity contribution >= 4 is 29.4 Å². The van der Waals surface area contributed by atoms with Crippen molar-refractivity contribution in [2.45, 2.75) is 6.92 Å². The topological polar surface area (TPSA) is 84.5 Å². The minimum atomic E-state index is -0.452. The van der Waals surface area contributed by atoms with Crippen LogP contribution in [0.5, 0.6) is 5.75 Å². The fraction of sp³-hybridized carbons (Fsp3) is 0.308. The second-order valence-electron chi connectivity index (χ2n) is 3.86. The summed E-state index contributed by atoms with van der Waals surface area (Å²) in [4.78, 5) is 33.5. The highest BCUT2D eigenvalue weighted by Gasteiger charge is 2.07. The van der Waals surface area contributed by atoms with Crippen LogP contribution in [0.2, 0.25) is 0 Å². The number of carbonyl (C=O) groups is 3. The van der Waals surface area contributed by atoms with Gasteiger partial charge in [0.05, 0.1) is 0 Å². The van der Waals surface area contributed by atoms with Gasteiger partial charge in [0, 0.05) is 25.6 Å². The molecule has 7 heteroatoms. The number of amides is 2. The molecule has 108 valence electrons. The number of ether oxygens (including phenoxy) is 1. The first-order chi connectivity index (χ1) is 9.52. The summed E-state index contributed by atoms with van der Waals surface area (Å²) in [5.74, 6) is -0.873. The van der Waals surface area contributed by atoms with Crippen molar-refractivity contribution in [1.29, 1.82) is 0 Å². The number of halogens is 1. The average molecular weight is 299 g/mol. The number of hydrogen-bond acceptors (Lipinski definition) is 4. The highest BCUT2D eigenvalue weighted by Crippen LogP contribution is 2.13. The number of nitrogens with one attached hydrogen (secondary N) is 2. The molecule has 1 aromatic carbocycles. The smallest absolute Gasteiger partial charge is 0.308 e. The van der Waals surface area contributed by atoms with E-state index in [1.54, 1.807) is 18.2 Å². The van der Waals surface area contributed by atoms with Gasteiger partial charge in [0.25, 0.3) is 5.91 Å². The molecule has 6 nitrogen and oxygen atoms in total. The summed E-state index contributed by atoms with van der Waals surface area (Å²) in [6, 6.07) is 6.26. The van der Waals surface area contributed by atoms with Gasteiger partial charge in [-0.15, -0.1) is 11.6 Å². The molecule has 0 unspecified atom stereocenters. The molecule has 0 aromatic heterocycles. The zero-order valence-electron chi connectivity index (χ0n) is 10.9. The van der Waals surface area contributed by atoms with Crippen LogP contribution in [0, 0.1) is 0 Å². The van der Waals surface area contributed by atoms with Gasteiger partial charge in [0.15, 0.2) is 0 Å². The summed E-state index contributed by atoms with van der Waals surface area (Å²) in [6.07, 6.45) is 0. The third kappa shape index (κ3) is 5.71. The lowest BCUT2D eigenvalue weighted by Gasteiger charge is -2.07. The quantitative estimate of drug-likeness (QED) is 0.350. The number of alkyl halides is 1. The van der Waals surface area contributed by atoms with Gasteiger partial charge in [-0.05, 0) is 18.2 Å². The normalized spacial score (nSPS) is 9.70. The van der Waals surface area contributed by atoms with Gasteiger partial charge in [0.2, 0.25) is 5.91 Å². The van der Waals surface area contributed by atoms with Gasteiger partial charge in [-0.25, -0.2) is 0 Å². The Labute approximate surface area is 121 Å². The van der Waals surface area contributed by atoms with Crippen LogP contribution in [0.25, 0.3) is 0 Å². The third-order valence-electron chi connectivity index (χ3n) is 2.21. The molecule has 0 radical (unpaired) electrons. The average Bonchev–Trinajstić information content (AvgIpc) is 2.42. The Balaban J connectivity index is 2.47. The van der Waals surface area contributed by atoms with E-state index >= 15 is 0 Å². The summed E-state index contributed by atoms with van der Waals surface area (Å²) in [5.41, 5.74) is 0.368. The van der Waals surface area contributed by atoms with Crippen molar-refractivity contribution in [2.75, 3.05) is 19.0 Å². The van der Waals surface area contributed by atoms with E-state index in [0.717, 1.165) is 0 Å². The molecule has 0 saturated heterocycles. The van der Waals surface area contributed by atoms with E-state index < -0.39 is 5.97 Å². The molecule has 0 heterocycles. The van der Waals surface area contributed by atoms with E-state index in [9.17, 15) is 14.4 Å². The molecular weight excluding hydrogens is 284 g/mol. The summed E-state index contributed by atoms with van der Waals surface area (Å²) in [5, 5.41) is 5.14. The minimum Gasteiger partial charge on any atom is -0.427 e. The Morgan fingerprint density at radius 1 is 1.20 bits per heavy atom. The monoisotopic (exact) mass is 298 g/mol. The van der Waals surface area contributed by atoms with Gasteiger partial charge in [-0.3, -0.25) is 14.4 Å². The summed E-state index contributed by atoms with van der Waals surface area (Å²) in [7, 11) is 0. The van der Waals surface area contributed by atoms with Crippen molar-refractivity contribution in [2.24, 2.45) is 0 Å². The maximum absolute atomic E-state index is 11.8. The van der Waals surface area contributed by atoms with Crippen LogP contribution in [-0.4, -0.2) is 36.8 Å². The predicted octanol–water partition coefficient (Wildman–Crippen LogP) is 0.697. The highest BCUT2D eigenvalue weighted by atomic mass is 35.5. The molecule has 0 fully saturated rings. The number of hydrogen-bond donors (Lipinski definition) is 2. The van der Waals surface area contributed by atoms with Crippen LogP contribution in [0.3, 0.4) is 0 Å². The van der Waals surface area contributed by atoms with Crippen molar-refractivity contribution in [3.63, 3.8) is 0 Å². The largest absolute Gasteiger partial charge is 0.427 e. The second-order valence-corrected chi connectivity index (χ2v) is 4.13. The molecule has 0 atom stereocenters. The Morgan fingerprint density at radius 3 is 2.55 bits per heavy atom. The molecule has 0 spiro atoms. The van der Waals surface area contributed by atoms with E-state index in [2.05, 4.69) is 10.6 Å². The third-order valence-corrected chi connectivity index (χ3v) is 2.45. The van der Waals surface area contributed by atoms with Gasteiger partial charge in [-0.2, -0.15) is 0 Å². The van der Waals surface area contributed by atoms with E-state index in [0.29, 0.717) is 17.9 Å². The summed E-state index contributed by atoms with van der Waals surface area (Å²) < 4.78 is 4.89. The second kappa shape index (κ2) is 8.16. The first kappa shape index (κ1) is 16.0. The predicted molar refractivity (Wildman–Crippen MR) is 73.8 cm³/mol. The van der Waals surface area contributed by atoms with Crippen LogP contribution in [0.1, 0.15) is 17.3 Å². The van der Waals surface area contributed by atoms with Crippen molar-refractivity contribution in [3.8, 4) is 5.75 Å². The van der Waals surface area contributed by atoms with Crippen LogP contribution in [-0.2, 0) is 9.59 Å². The van der Waals surface area contributed by atoms with Crippen LogP contribution < -0.4 is 15.4 Å². The molecule has 1 rings (SSSR count). The SMILES string of the molecule is CC(=O)Oc1cccc(C(=O)NCCNC(=O)CCl)c1. The molecule has 0 aliphatic rings. The van der Waals surface area contributed by atoms with Gasteiger partial charge >= 0.3 is 5.97 Å². The van der Waals surface area contributed by atoms with Crippen molar-refractivity contribution < 1.29 is 19.1 Å². The van der Waals surface area contributed by atoms with Crippen LogP contribution >= 0.6 is 11.6 Å². The molecule has 0 bridgehead atoms. The van der Waals surface area contributed by atoms with E-state index in [4.69, 9.17) is 16.3 Å². The molecule has 1 aromatic rings. The van der Waals surface area contributed by atoms with Crippen LogP contribution in [0.4, 0.5) is 0 Å². The lowest BCUT2D eigenvalue weighted by atomic mass is 10.2. The zero-order chi connectivity index (χ0) is 15.0. The Hall–Kier alpha value is -2.08. The van der Waals surface area contributed by atoms with Gasteiger partial charge in [0.1, 0.15) is 11.6 Å². The van der Waals surface area contributed by atoms with E-state index in [1.165, 1.54) is 13.0 Å². The summed E-state index contributed by atoms with van der Waals surface area (Å²) >= 11 is 5.31. The molecule has 2 amide bonds. The lowest BCUT2D eigenvalue weighted by Crippen LogP contribution is -2.35. The van der Waals surface area contributed by atoms with E-state index in [-0.39, 0.29) is 24.2 Å². The van der Waals surface area contributed by atoms with Gasteiger partial charge in [-0.1, -0.05) is 6.07 Å². The molecule has 0 saturated carbocycles. The molecular formula is C13H15ClN2O4. The van der Waals surface area contributed by atoms with Crippen molar-refractivity contribution in [3.05, 3.63) is 29.8 Å². The zero-order valence-corrected chi connectivity index (χ0v) is 11.7. The standard InChI is InChI=1S/C13H15ClN2O4/c1-9(17)20-11-4-2-3-10(7-11)13(19)16-6-5-15-12(18)8-14/h2-4,7H,5-6,8H2,1H3,(H,15,18)(H,16,19). The Bertz CT molecular complexity index is 505. The number of esters is 1. The lowest BCUT2D eigenvalue weighted by molar-refractivity contribution is -0.131. The number of rotatable bonds is 6.